The van der Waals surface area contributed by atoms with E-state index in [-0.39, 0.29) is 12.1 Å². The van der Waals surface area contributed by atoms with Gasteiger partial charge >= 0.3 is 5.97 Å². The molecule has 0 aliphatic heterocycles. The maximum atomic E-state index is 13.8. The average Bonchev–Trinajstić information content (AvgIpc) is 3.07. The third-order valence-electron chi connectivity index (χ3n) is 3.59. The summed E-state index contributed by atoms with van der Waals surface area (Å²) in [7, 11) is 0. The molecule has 0 radical (unpaired) electrons. The van der Waals surface area contributed by atoms with Crippen LogP contribution in [0.5, 0.6) is 0 Å². The van der Waals surface area contributed by atoms with Crippen molar-refractivity contribution in [2.75, 3.05) is 0 Å². The van der Waals surface area contributed by atoms with Gasteiger partial charge in [0.1, 0.15) is 11.9 Å². The van der Waals surface area contributed by atoms with Gasteiger partial charge in [0, 0.05) is 28.0 Å². The highest BCUT2D eigenvalue weighted by molar-refractivity contribution is 6.35. The van der Waals surface area contributed by atoms with Crippen LogP contribution in [0.25, 0.3) is 0 Å². The molecule has 0 amide bonds. The number of hydrogen-bond acceptors (Lipinski definition) is 3. The van der Waals surface area contributed by atoms with E-state index in [1.807, 2.05) is 0 Å². The largest absolute Gasteiger partial charge is 0.452 e. The second kappa shape index (κ2) is 7.68. The van der Waals surface area contributed by atoms with Crippen LogP contribution >= 0.6 is 23.2 Å². The molecule has 1 unspecified atom stereocenters. The first kappa shape index (κ1) is 17.5. The quantitative estimate of drug-likeness (QED) is 0.591. The summed E-state index contributed by atoms with van der Waals surface area (Å²) in [6.45, 7) is 0.279. The number of halogens is 3. The van der Waals surface area contributed by atoms with Crippen molar-refractivity contribution in [1.82, 2.24) is 9.55 Å². The minimum Gasteiger partial charge on any atom is -0.452 e. The van der Waals surface area contributed by atoms with E-state index in [4.69, 9.17) is 27.9 Å². The van der Waals surface area contributed by atoms with E-state index in [2.05, 4.69) is 4.98 Å². The molecule has 0 saturated carbocycles. The van der Waals surface area contributed by atoms with Crippen molar-refractivity contribution in [3.8, 4) is 0 Å². The van der Waals surface area contributed by atoms with Gasteiger partial charge < -0.3 is 9.30 Å². The Bertz CT molecular complexity index is 885. The normalized spacial score (nSPS) is 12.0. The molecule has 0 saturated heterocycles. The second-order valence-corrected chi connectivity index (χ2v) is 6.14. The van der Waals surface area contributed by atoms with Crippen LogP contribution in [0.1, 0.15) is 22.0 Å². The number of aromatic nitrogens is 2. The first-order valence-electron chi connectivity index (χ1n) is 7.41. The van der Waals surface area contributed by atoms with E-state index in [1.54, 1.807) is 47.6 Å². The molecule has 3 aromatic rings. The first-order chi connectivity index (χ1) is 12.0. The Hall–Kier alpha value is -2.37. The minimum absolute atomic E-state index is 0.136. The smallest absolute Gasteiger partial charge is 0.341 e. The van der Waals surface area contributed by atoms with Gasteiger partial charge in [-0.25, -0.2) is 14.2 Å². The standard InChI is InChI=1S/C18H13Cl2FN2O2/c19-12-5-6-13(15(20)9-12)17(10-23-8-7-22-11-23)25-18(24)14-3-1-2-4-16(14)21/h1-9,11,17H,10H2. The topological polar surface area (TPSA) is 44.1 Å². The molecule has 3 rings (SSSR count). The van der Waals surface area contributed by atoms with Crippen molar-refractivity contribution < 1.29 is 13.9 Å². The van der Waals surface area contributed by atoms with Crippen LogP contribution < -0.4 is 0 Å². The zero-order chi connectivity index (χ0) is 17.8. The van der Waals surface area contributed by atoms with Crippen LogP contribution in [0.3, 0.4) is 0 Å². The molecule has 0 fully saturated rings. The van der Waals surface area contributed by atoms with Gasteiger partial charge in [-0.15, -0.1) is 0 Å². The SMILES string of the molecule is O=C(OC(Cn1ccnc1)c1ccc(Cl)cc1Cl)c1ccccc1F. The van der Waals surface area contributed by atoms with Crippen LogP contribution in [0.4, 0.5) is 4.39 Å². The van der Waals surface area contributed by atoms with Gasteiger partial charge in [-0.1, -0.05) is 41.4 Å². The van der Waals surface area contributed by atoms with Crippen molar-refractivity contribution >= 4 is 29.2 Å². The molecule has 2 aromatic carbocycles. The van der Waals surface area contributed by atoms with Gasteiger partial charge in [-0.3, -0.25) is 0 Å². The lowest BCUT2D eigenvalue weighted by atomic mass is 10.1. The highest BCUT2D eigenvalue weighted by atomic mass is 35.5. The van der Waals surface area contributed by atoms with Gasteiger partial charge in [0.15, 0.2) is 0 Å². The molecule has 1 heterocycles. The molecule has 25 heavy (non-hydrogen) atoms. The molecule has 4 nitrogen and oxygen atoms in total. The molecule has 7 heteroatoms. The highest BCUT2D eigenvalue weighted by Crippen LogP contribution is 2.30. The van der Waals surface area contributed by atoms with Crippen molar-refractivity contribution in [1.29, 1.82) is 0 Å². The van der Waals surface area contributed by atoms with Crippen LogP contribution in [-0.4, -0.2) is 15.5 Å². The minimum atomic E-state index is -0.769. The summed E-state index contributed by atoms with van der Waals surface area (Å²) in [4.78, 5) is 16.4. The lowest BCUT2D eigenvalue weighted by Crippen LogP contribution is -2.17. The molecule has 0 aliphatic carbocycles. The first-order valence-corrected chi connectivity index (χ1v) is 8.16. The monoisotopic (exact) mass is 378 g/mol. The predicted octanol–water partition coefficient (Wildman–Crippen LogP) is 4.93. The zero-order valence-corrected chi connectivity index (χ0v) is 14.4. The summed E-state index contributed by atoms with van der Waals surface area (Å²) in [5.41, 5.74) is 0.438. The van der Waals surface area contributed by atoms with Gasteiger partial charge in [-0.2, -0.15) is 0 Å². The predicted molar refractivity (Wildman–Crippen MR) is 93.2 cm³/mol. The Labute approximate surface area is 153 Å². The Morgan fingerprint density at radius 2 is 2.04 bits per heavy atom. The Balaban J connectivity index is 1.91. The van der Waals surface area contributed by atoms with Crippen molar-refractivity contribution in [2.24, 2.45) is 0 Å². The van der Waals surface area contributed by atoms with Crippen LogP contribution in [-0.2, 0) is 11.3 Å². The van der Waals surface area contributed by atoms with Crippen LogP contribution in [0.2, 0.25) is 10.0 Å². The number of ether oxygens (including phenoxy) is 1. The van der Waals surface area contributed by atoms with E-state index in [0.29, 0.717) is 15.6 Å². The molecule has 1 atom stereocenters. The van der Waals surface area contributed by atoms with E-state index >= 15 is 0 Å². The lowest BCUT2D eigenvalue weighted by molar-refractivity contribution is 0.0250. The second-order valence-electron chi connectivity index (χ2n) is 5.30. The number of esters is 1. The number of nitrogens with zero attached hydrogens (tertiary/aromatic N) is 2. The molecule has 0 aliphatic rings. The van der Waals surface area contributed by atoms with Gasteiger partial charge in [0.2, 0.25) is 0 Å². The van der Waals surface area contributed by atoms with E-state index < -0.39 is 17.9 Å². The summed E-state index contributed by atoms with van der Waals surface area (Å²) in [6, 6.07) is 10.6. The van der Waals surface area contributed by atoms with Crippen molar-refractivity contribution in [3.63, 3.8) is 0 Å². The molecule has 128 valence electrons. The average molecular weight is 379 g/mol. The van der Waals surface area contributed by atoms with Gasteiger partial charge in [0.25, 0.3) is 0 Å². The number of benzene rings is 2. The fourth-order valence-corrected chi connectivity index (χ4v) is 2.90. The van der Waals surface area contributed by atoms with E-state index in [1.165, 1.54) is 18.2 Å². The third-order valence-corrected chi connectivity index (χ3v) is 4.15. The molecule has 0 N–H and O–H groups in total. The fraction of sp³-hybridized carbons (Fsp3) is 0.111. The number of hydrogen-bond donors (Lipinski definition) is 0. The molecule has 0 bridgehead atoms. The summed E-state index contributed by atoms with van der Waals surface area (Å²) < 4.78 is 21.1. The van der Waals surface area contributed by atoms with E-state index in [9.17, 15) is 9.18 Å². The highest BCUT2D eigenvalue weighted by Gasteiger charge is 2.23. The molecule has 0 spiro atoms. The Morgan fingerprint density at radius 1 is 1.24 bits per heavy atom. The lowest BCUT2D eigenvalue weighted by Gasteiger charge is -2.20. The van der Waals surface area contributed by atoms with Crippen molar-refractivity contribution in [2.45, 2.75) is 12.6 Å². The van der Waals surface area contributed by atoms with E-state index in [0.717, 1.165) is 0 Å². The zero-order valence-electron chi connectivity index (χ0n) is 12.9. The Morgan fingerprint density at radius 3 is 2.72 bits per heavy atom. The van der Waals surface area contributed by atoms with Crippen LogP contribution in [0, 0.1) is 5.82 Å². The molecule has 1 aromatic heterocycles. The maximum absolute atomic E-state index is 13.8. The summed E-state index contributed by atoms with van der Waals surface area (Å²) >= 11 is 12.2. The Kier molecular flexibility index (Phi) is 5.36. The molecular weight excluding hydrogens is 366 g/mol. The maximum Gasteiger partial charge on any atom is 0.341 e. The van der Waals surface area contributed by atoms with Crippen molar-refractivity contribution in [3.05, 3.63) is 88.2 Å². The number of carbonyl (C=O) groups is 1. The summed E-state index contributed by atoms with van der Waals surface area (Å²) in [6.07, 6.45) is 4.20. The molecular formula is C18H13Cl2FN2O2. The number of carbonyl (C=O) groups excluding carboxylic acids is 1. The van der Waals surface area contributed by atoms with Gasteiger partial charge in [-0.05, 0) is 24.3 Å². The van der Waals surface area contributed by atoms with Gasteiger partial charge in [0.05, 0.1) is 18.4 Å². The van der Waals surface area contributed by atoms with Crippen LogP contribution in [0.15, 0.2) is 61.2 Å². The number of rotatable bonds is 5. The fourth-order valence-electron chi connectivity index (χ4n) is 2.37. The summed E-state index contributed by atoms with van der Waals surface area (Å²) in [5.74, 6) is -1.41. The summed E-state index contributed by atoms with van der Waals surface area (Å²) in [5, 5.41) is 0.828. The number of imidazole rings is 1. The third kappa shape index (κ3) is 4.18.